The van der Waals surface area contributed by atoms with E-state index in [4.69, 9.17) is 0 Å². The van der Waals surface area contributed by atoms with Crippen LogP contribution in [0.1, 0.15) is 17.7 Å². The third-order valence-corrected chi connectivity index (χ3v) is 4.60. The molecule has 5 nitrogen and oxygen atoms in total. The number of amides is 2. The summed E-state index contributed by atoms with van der Waals surface area (Å²) in [4.78, 5) is 28.8. The van der Waals surface area contributed by atoms with Crippen molar-refractivity contribution in [2.24, 2.45) is 0 Å². The van der Waals surface area contributed by atoms with Gasteiger partial charge in [0, 0.05) is 44.5 Å². The Bertz CT molecular complexity index is 455. The second kappa shape index (κ2) is 8.14. The second-order valence-corrected chi connectivity index (χ2v) is 6.35. The minimum Gasteiger partial charge on any atom is -0.339 e. The summed E-state index contributed by atoms with van der Waals surface area (Å²) in [5.74, 6) is 0.0978. The van der Waals surface area contributed by atoms with Gasteiger partial charge < -0.3 is 15.1 Å². The van der Waals surface area contributed by atoms with Crippen LogP contribution < -0.4 is 5.32 Å². The monoisotopic (exact) mass is 309 g/mol. The van der Waals surface area contributed by atoms with Crippen molar-refractivity contribution < 1.29 is 9.59 Å². The number of carbonyl (C=O) groups is 2. The van der Waals surface area contributed by atoms with Gasteiger partial charge in [0.25, 0.3) is 0 Å². The summed E-state index contributed by atoms with van der Waals surface area (Å²) < 4.78 is 0. The number of rotatable bonds is 6. The summed E-state index contributed by atoms with van der Waals surface area (Å²) in [6.07, 6.45) is 2.28. The fourth-order valence-electron chi connectivity index (χ4n) is 2.36. The van der Waals surface area contributed by atoms with Crippen LogP contribution in [0.4, 0.5) is 0 Å². The highest BCUT2D eigenvalue weighted by atomic mass is 32.1. The van der Waals surface area contributed by atoms with E-state index >= 15 is 0 Å². The van der Waals surface area contributed by atoms with Crippen LogP contribution in [0.25, 0.3) is 0 Å². The normalized spacial score (nSPS) is 15.0. The molecule has 0 saturated carbocycles. The molecule has 21 heavy (non-hydrogen) atoms. The molecule has 0 atom stereocenters. The molecule has 1 aliphatic rings. The van der Waals surface area contributed by atoms with Gasteiger partial charge in [-0.2, -0.15) is 0 Å². The molecular weight excluding hydrogens is 286 g/mol. The fourth-order valence-corrected chi connectivity index (χ4v) is 3.12. The standard InChI is InChI=1S/C15H23N3O2S/c1-17(12-15(20)18-9-7-16-8-10-18)14(19)6-2-4-13-5-3-11-21-13/h3,5,11,16H,2,4,6-10,12H2,1H3. The second-order valence-electron chi connectivity index (χ2n) is 5.31. The molecule has 0 bridgehead atoms. The number of hydrogen-bond acceptors (Lipinski definition) is 4. The number of aryl methyl sites for hydroxylation is 1. The van der Waals surface area contributed by atoms with Gasteiger partial charge in [-0.1, -0.05) is 6.07 Å². The molecule has 1 saturated heterocycles. The summed E-state index contributed by atoms with van der Waals surface area (Å²) >= 11 is 1.72. The first-order valence-corrected chi connectivity index (χ1v) is 8.29. The average Bonchev–Trinajstić information content (AvgIpc) is 3.01. The number of nitrogens with zero attached hydrogens (tertiary/aromatic N) is 2. The summed E-state index contributed by atoms with van der Waals surface area (Å²) in [7, 11) is 1.72. The van der Waals surface area contributed by atoms with Gasteiger partial charge in [-0.15, -0.1) is 11.3 Å². The van der Waals surface area contributed by atoms with Crippen molar-refractivity contribution in [1.29, 1.82) is 0 Å². The van der Waals surface area contributed by atoms with Crippen LogP contribution in [-0.2, 0) is 16.0 Å². The molecule has 1 aromatic rings. The molecule has 0 aliphatic carbocycles. The van der Waals surface area contributed by atoms with E-state index in [1.54, 1.807) is 23.3 Å². The highest BCUT2D eigenvalue weighted by Crippen LogP contribution is 2.12. The smallest absolute Gasteiger partial charge is 0.242 e. The van der Waals surface area contributed by atoms with Gasteiger partial charge in [0.05, 0.1) is 6.54 Å². The molecule has 1 aromatic heterocycles. The van der Waals surface area contributed by atoms with E-state index in [0.717, 1.165) is 39.0 Å². The van der Waals surface area contributed by atoms with Crippen molar-refractivity contribution in [3.8, 4) is 0 Å². The van der Waals surface area contributed by atoms with E-state index < -0.39 is 0 Å². The van der Waals surface area contributed by atoms with E-state index in [9.17, 15) is 9.59 Å². The van der Waals surface area contributed by atoms with Gasteiger partial charge in [0.15, 0.2) is 0 Å². The highest BCUT2D eigenvalue weighted by molar-refractivity contribution is 7.09. The molecule has 0 radical (unpaired) electrons. The van der Waals surface area contributed by atoms with Crippen LogP contribution in [0.15, 0.2) is 17.5 Å². The van der Waals surface area contributed by atoms with Crippen molar-refractivity contribution in [3.63, 3.8) is 0 Å². The Kier molecular flexibility index (Phi) is 6.20. The third-order valence-electron chi connectivity index (χ3n) is 3.66. The Hall–Kier alpha value is -1.40. The quantitative estimate of drug-likeness (QED) is 0.851. The Labute approximate surface area is 129 Å². The van der Waals surface area contributed by atoms with E-state index in [0.29, 0.717) is 6.42 Å². The first-order chi connectivity index (χ1) is 10.2. The van der Waals surface area contributed by atoms with Gasteiger partial charge in [-0.25, -0.2) is 0 Å². The number of carbonyl (C=O) groups excluding carboxylic acids is 2. The maximum atomic E-state index is 12.1. The molecule has 0 aromatic carbocycles. The predicted octanol–water partition coefficient (Wildman–Crippen LogP) is 0.961. The molecule has 6 heteroatoms. The number of nitrogens with one attached hydrogen (secondary N) is 1. The number of piperazine rings is 1. The SMILES string of the molecule is CN(CC(=O)N1CCNCC1)C(=O)CCCc1cccs1. The molecule has 2 heterocycles. The first-order valence-electron chi connectivity index (χ1n) is 7.41. The topological polar surface area (TPSA) is 52.7 Å². The number of likely N-dealkylation sites (N-methyl/N-ethyl adjacent to an activating group) is 1. The van der Waals surface area contributed by atoms with Gasteiger partial charge in [-0.3, -0.25) is 9.59 Å². The first kappa shape index (κ1) is 16.0. The van der Waals surface area contributed by atoms with Crippen molar-refractivity contribution in [2.75, 3.05) is 39.8 Å². The zero-order valence-corrected chi connectivity index (χ0v) is 13.3. The minimum absolute atomic E-state index is 0.0469. The van der Waals surface area contributed by atoms with Gasteiger partial charge in [0.1, 0.15) is 0 Å². The summed E-state index contributed by atoms with van der Waals surface area (Å²) in [6.45, 7) is 3.34. The molecule has 0 spiro atoms. The lowest BCUT2D eigenvalue weighted by Gasteiger charge is -2.29. The molecule has 2 rings (SSSR count). The Morgan fingerprint density at radius 3 is 2.81 bits per heavy atom. The summed E-state index contributed by atoms with van der Waals surface area (Å²) in [5.41, 5.74) is 0. The molecular formula is C15H23N3O2S. The van der Waals surface area contributed by atoms with Crippen LogP contribution >= 0.6 is 11.3 Å². The molecule has 1 fully saturated rings. The fraction of sp³-hybridized carbons (Fsp3) is 0.600. The van der Waals surface area contributed by atoms with Crippen LogP contribution in [0, 0.1) is 0 Å². The maximum absolute atomic E-state index is 12.1. The van der Waals surface area contributed by atoms with E-state index in [-0.39, 0.29) is 18.4 Å². The Balaban J connectivity index is 1.67. The lowest BCUT2D eigenvalue weighted by molar-refractivity contribution is -0.139. The van der Waals surface area contributed by atoms with E-state index in [1.807, 2.05) is 11.0 Å². The van der Waals surface area contributed by atoms with Crippen molar-refractivity contribution in [2.45, 2.75) is 19.3 Å². The predicted molar refractivity (Wildman–Crippen MR) is 84.3 cm³/mol. The molecule has 116 valence electrons. The molecule has 0 unspecified atom stereocenters. The molecule has 2 amide bonds. The van der Waals surface area contributed by atoms with Gasteiger partial charge >= 0.3 is 0 Å². The minimum atomic E-state index is 0.0469. The van der Waals surface area contributed by atoms with Gasteiger partial charge in [-0.05, 0) is 24.3 Å². The highest BCUT2D eigenvalue weighted by Gasteiger charge is 2.19. The molecule has 1 N–H and O–H groups in total. The summed E-state index contributed by atoms with van der Waals surface area (Å²) in [5, 5.41) is 5.26. The Morgan fingerprint density at radius 1 is 1.38 bits per heavy atom. The zero-order chi connectivity index (χ0) is 15.1. The summed E-state index contributed by atoms with van der Waals surface area (Å²) in [6, 6.07) is 4.12. The maximum Gasteiger partial charge on any atom is 0.242 e. The van der Waals surface area contributed by atoms with Crippen molar-refractivity contribution in [3.05, 3.63) is 22.4 Å². The zero-order valence-electron chi connectivity index (χ0n) is 12.5. The van der Waals surface area contributed by atoms with Crippen LogP contribution in [0.5, 0.6) is 0 Å². The molecule has 1 aliphatic heterocycles. The van der Waals surface area contributed by atoms with E-state index in [1.165, 1.54) is 4.88 Å². The van der Waals surface area contributed by atoms with Crippen molar-refractivity contribution >= 4 is 23.2 Å². The average molecular weight is 309 g/mol. The largest absolute Gasteiger partial charge is 0.339 e. The number of hydrogen-bond donors (Lipinski definition) is 1. The van der Waals surface area contributed by atoms with E-state index in [2.05, 4.69) is 16.8 Å². The Morgan fingerprint density at radius 2 is 2.14 bits per heavy atom. The van der Waals surface area contributed by atoms with Crippen LogP contribution in [0.3, 0.4) is 0 Å². The lowest BCUT2D eigenvalue weighted by atomic mass is 10.2. The van der Waals surface area contributed by atoms with Crippen LogP contribution in [-0.4, -0.2) is 61.4 Å². The lowest BCUT2D eigenvalue weighted by Crippen LogP contribution is -2.49. The third kappa shape index (κ3) is 5.13. The number of thiophene rings is 1. The van der Waals surface area contributed by atoms with Gasteiger partial charge in [0.2, 0.25) is 11.8 Å². The van der Waals surface area contributed by atoms with Crippen LogP contribution in [0.2, 0.25) is 0 Å². The van der Waals surface area contributed by atoms with Crippen molar-refractivity contribution in [1.82, 2.24) is 15.1 Å².